The Morgan fingerprint density at radius 1 is 1.62 bits per heavy atom. The number of rotatable bonds is 2. The van der Waals surface area contributed by atoms with E-state index in [9.17, 15) is 4.79 Å². The number of amides is 1. The van der Waals surface area contributed by atoms with Crippen molar-refractivity contribution in [1.82, 2.24) is 4.90 Å². The van der Waals surface area contributed by atoms with Crippen molar-refractivity contribution in [2.24, 2.45) is 0 Å². The lowest BCUT2D eigenvalue weighted by Gasteiger charge is -2.35. The number of carbonyl (C=O) groups is 1. The Kier molecular flexibility index (Phi) is 3.51. The fourth-order valence-corrected chi connectivity index (χ4v) is 2.04. The zero-order valence-corrected chi connectivity index (χ0v) is 9.81. The highest BCUT2D eigenvalue weighted by Crippen LogP contribution is 2.15. The van der Waals surface area contributed by atoms with Gasteiger partial charge in [0.25, 0.3) is 5.91 Å². The molecule has 2 atom stereocenters. The predicted octanol–water partition coefficient (Wildman–Crippen LogP) is 1.75. The first-order valence-corrected chi connectivity index (χ1v) is 5.77. The Morgan fingerprint density at radius 2 is 2.44 bits per heavy atom. The highest BCUT2D eigenvalue weighted by atomic mass is 35.5. The SMILES string of the molecule is CC1CN(C(=O)c2ccoc2)CC(CCl)O1. The van der Waals surface area contributed by atoms with E-state index in [1.165, 1.54) is 12.5 Å². The average Bonchev–Trinajstić information content (AvgIpc) is 2.80. The van der Waals surface area contributed by atoms with Gasteiger partial charge in [0.1, 0.15) is 6.26 Å². The van der Waals surface area contributed by atoms with Crippen LogP contribution in [-0.4, -0.2) is 42.0 Å². The van der Waals surface area contributed by atoms with Crippen molar-refractivity contribution >= 4 is 17.5 Å². The molecule has 1 amide bonds. The molecule has 4 nitrogen and oxygen atoms in total. The standard InChI is InChI=1S/C11H14ClNO3/c1-8-5-13(6-10(4-12)16-8)11(14)9-2-3-15-7-9/h2-3,7-8,10H,4-6H2,1H3. The first-order chi connectivity index (χ1) is 7.70. The van der Waals surface area contributed by atoms with Crippen LogP contribution in [0.4, 0.5) is 0 Å². The number of halogens is 1. The molecule has 0 bridgehead atoms. The molecule has 0 N–H and O–H groups in total. The van der Waals surface area contributed by atoms with Crippen LogP contribution in [-0.2, 0) is 4.74 Å². The minimum absolute atomic E-state index is 0.0216. The highest BCUT2D eigenvalue weighted by molar-refractivity contribution is 6.18. The van der Waals surface area contributed by atoms with Crippen LogP contribution in [0.15, 0.2) is 23.0 Å². The lowest BCUT2D eigenvalue weighted by Crippen LogP contribution is -2.49. The first kappa shape index (κ1) is 11.5. The third kappa shape index (κ3) is 2.39. The van der Waals surface area contributed by atoms with E-state index < -0.39 is 0 Å². The van der Waals surface area contributed by atoms with Crippen LogP contribution in [0.3, 0.4) is 0 Å². The summed E-state index contributed by atoms with van der Waals surface area (Å²) in [5.41, 5.74) is 0.572. The molecule has 0 spiro atoms. The molecule has 0 aliphatic carbocycles. The van der Waals surface area contributed by atoms with Crippen molar-refractivity contribution in [3.63, 3.8) is 0 Å². The highest BCUT2D eigenvalue weighted by Gasteiger charge is 2.28. The number of carbonyl (C=O) groups excluding carboxylic acids is 1. The van der Waals surface area contributed by atoms with Gasteiger partial charge in [-0.3, -0.25) is 4.79 Å². The van der Waals surface area contributed by atoms with Crippen LogP contribution >= 0.6 is 11.6 Å². The van der Waals surface area contributed by atoms with Crippen LogP contribution in [0.5, 0.6) is 0 Å². The monoisotopic (exact) mass is 243 g/mol. The normalized spacial score (nSPS) is 25.8. The van der Waals surface area contributed by atoms with E-state index in [1.54, 1.807) is 11.0 Å². The largest absolute Gasteiger partial charge is 0.472 e. The Labute approximate surface area is 99.1 Å². The van der Waals surface area contributed by atoms with Crippen molar-refractivity contribution in [3.8, 4) is 0 Å². The molecular weight excluding hydrogens is 230 g/mol. The van der Waals surface area contributed by atoms with E-state index in [-0.39, 0.29) is 18.1 Å². The molecule has 0 saturated carbocycles. The maximum atomic E-state index is 12.0. The van der Waals surface area contributed by atoms with Crippen molar-refractivity contribution in [1.29, 1.82) is 0 Å². The molecule has 1 aromatic heterocycles. The number of hydrogen-bond acceptors (Lipinski definition) is 3. The Morgan fingerprint density at radius 3 is 3.06 bits per heavy atom. The Bertz CT molecular complexity index is 352. The minimum Gasteiger partial charge on any atom is -0.472 e. The number of furan rings is 1. The Balaban J connectivity index is 2.06. The summed E-state index contributed by atoms with van der Waals surface area (Å²) in [5.74, 6) is 0.374. The number of hydrogen-bond donors (Lipinski definition) is 0. The van der Waals surface area contributed by atoms with Gasteiger partial charge in [-0.05, 0) is 13.0 Å². The van der Waals surface area contributed by atoms with Gasteiger partial charge in [-0.15, -0.1) is 11.6 Å². The van der Waals surface area contributed by atoms with E-state index in [0.717, 1.165) is 0 Å². The van der Waals surface area contributed by atoms with Crippen molar-refractivity contribution in [3.05, 3.63) is 24.2 Å². The molecule has 1 saturated heterocycles. The zero-order valence-electron chi connectivity index (χ0n) is 9.06. The maximum Gasteiger partial charge on any atom is 0.257 e. The summed E-state index contributed by atoms with van der Waals surface area (Å²) in [6.07, 6.45) is 2.89. The van der Waals surface area contributed by atoms with Crippen LogP contribution < -0.4 is 0 Å². The summed E-state index contributed by atoms with van der Waals surface area (Å²) in [6.45, 7) is 3.07. The lowest BCUT2D eigenvalue weighted by molar-refractivity contribution is -0.0570. The molecule has 1 aliphatic heterocycles. The fraction of sp³-hybridized carbons (Fsp3) is 0.545. The topological polar surface area (TPSA) is 42.7 Å². The van der Waals surface area contributed by atoms with Crippen LogP contribution in [0.2, 0.25) is 0 Å². The molecule has 0 aromatic carbocycles. The third-order valence-electron chi connectivity index (χ3n) is 2.55. The van der Waals surface area contributed by atoms with Gasteiger partial charge in [0, 0.05) is 13.1 Å². The smallest absolute Gasteiger partial charge is 0.257 e. The fourth-order valence-electron chi connectivity index (χ4n) is 1.87. The van der Waals surface area contributed by atoms with E-state index in [1.807, 2.05) is 6.92 Å². The van der Waals surface area contributed by atoms with Gasteiger partial charge in [0.15, 0.2) is 0 Å². The summed E-state index contributed by atoms with van der Waals surface area (Å²) in [6, 6.07) is 1.66. The number of alkyl halides is 1. The van der Waals surface area contributed by atoms with Crippen molar-refractivity contribution in [2.45, 2.75) is 19.1 Å². The van der Waals surface area contributed by atoms with Gasteiger partial charge in [-0.2, -0.15) is 0 Å². The van der Waals surface area contributed by atoms with Gasteiger partial charge in [-0.25, -0.2) is 0 Å². The van der Waals surface area contributed by atoms with E-state index in [4.69, 9.17) is 20.8 Å². The summed E-state index contributed by atoms with van der Waals surface area (Å²) in [5, 5.41) is 0. The van der Waals surface area contributed by atoms with E-state index in [2.05, 4.69) is 0 Å². The molecular formula is C11H14ClNO3. The summed E-state index contributed by atoms with van der Waals surface area (Å²) < 4.78 is 10.5. The van der Waals surface area contributed by atoms with E-state index >= 15 is 0 Å². The quantitative estimate of drug-likeness (QED) is 0.744. The zero-order chi connectivity index (χ0) is 11.5. The lowest BCUT2D eigenvalue weighted by atomic mass is 10.2. The minimum atomic E-state index is -0.0822. The molecule has 1 fully saturated rings. The Hall–Kier alpha value is -1.00. The van der Waals surface area contributed by atoms with Gasteiger partial charge >= 0.3 is 0 Å². The van der Waals surface area contributed by atoms with Gasteiger partial charge in [0.2, 0.25) is 0 Å². The van der Waals surface area contributed by atoms with Crippen LogP contribution in [0, 0.1) is 0 Å². The number of morpholine rings is 1. The summed E-state index contributed by atoms with van der Waals surface area (Å²) in [7, 11) is 0. The van der Waals surface area contributed by atoms with Gasteiger partial charge < -0.3 is 14.1 Å². The van der Waals surface area contributed by atoms with Gasteiger partial charge in [-0.1, -0.05) is 0 Å². The van der Waals surface area contributed by atoms with E-state index in [0.29, 0.717) is 24.5 Å². The number of ether oxygens (including phenoxy) is 1. The molecule has 1 aromatic rings. The molecule has 88 valence electrons. The maximum absolute atomic E-state index is 12.0. The molecule has 2 unspecified atom stereocenters. The molecule has 0 radical (unpaired) electrons. The molecule has 16 heavy (non-hydrogen) atoms. The number of nitrogens with zero attached hydrogens (tertiary/aromatic N) is 1. The van der Waals surface area contributed by atoms with Crippen LogP contribution in [0.1, 0.15) is 17.3 Å². The van der Waals surface area contributed by atoms with Crippen molar-refractivity contribution in [2.75, 3.05) is 19.0 Å². The second-order valence-electron chi connectivity index (χ2n) is 3.95. The second kappa shape index (κ2) is 4.89. The first-order valence-electron chi connectivity index (χ1n) is 5.23. The molecule has 5 heteroatoms. The molecule has 1 aliphatic rings. The van der Waals surface area contributed by atoms with Gasteiger partial charge in [0.05, 0.1) is 29.9 Å². The average molecular weight is 244 g/mol. The van der Waals surface area contributed by atoms with Crippen molar-refractivity contribution < 1.29 is 13.9 Å². The summed E-state index contributed by atoms with van der Waals surface area (Å²) >= 11 is 5.76. The second-order valence-corrected chi connectivity index (χ2v) is 4.25. The molecule has 2 rings (SSSR count). The molecule has 2 heterocycles. The summed E-state index contributed by atoms with van der Waals surface area (Å²) in [4.78, 5) is 13.8. The van der Waals surface area contributed by atoms with Crippen LogP contribution in [0.25, 0.3) is 0 Å². The third-order valence-corrected chi connectivity index (χ3v) is 2.90. The predicted molar refractivity (Wildman–Crippen MR) is 59.7 cm³/mol.